The number of fused-ring (bicyclic) bond motifs is 3. The van der Waals surface area contributed by atoms with Gasteiger partial charge in [0.1, 0.15) is 0 Å². The first kappa shape index (κ1) is 34.0. The maximum Gasteiger partial charge on any atom is 0.0465 e. The highest BCUT2D eigenvalue weighted by Crippen LogP contribution is 2.51. The lowest BCUT2D eigenvalue weighted by Gasteiger charge is -2.29. The molecule has 7 aromatic carbocycles. The summed E-state index contributed by atoms with van der Waals surface area (Å²) < 4.78 is 0. The van der Waals surface area contributed by atoms with E-state index in [-0.39, 0.29) is 10.8 Å². The van der Waals surface area contributed by atoms with Crippen molar-refractivity contribution in [1.82, 2.24) is 0 Å². The van der Waals surface area contributed by atoms with E-state index in [1.807, 2.05) is 0 Å². The summed E-state index contributed by atoms with van der Waals surface area (Å²) in [6.45, 7) is 11.5. The van der Waals surface area contributed by atoms with Crippen molar-refractivity contribution in [2.75, 3.05) is 9.80 Å². The van der Waals surface area contributed by atoms with Crippen LogP contribution in [0.2, 0.25) is 0 Å². The molecule has 0 amide bonds. The van der Waals surface area contributed by atoms with E-state index < -0.39 is 0 Å². The fraction of sp³-hybridized carbons (Fsp3) is 0.137. The van der Waals surface area contributed by atoms with Crippen LogP contribution in [0.15, 0.2) is 176 Å². The first-order valence-electron chi connectivity index (χ1n) is 18.6. The zero-order valence-electron chi connectivity index (χ0n) is 31.3. The van der Waals surface area contributed by atoms with E-state index in [0.717, 1.165) is 28.4 Å². The SMILES string of the molecule is CC(C)(C)c1ccc(N(c2ccccc2)c2ccc3c(c2)C(C)(C)c2cc(C=Cc4ccc(N(c5ccccc5)c5ccccc5)cc4)ccc2-3)cc1. The van der Waals surface area contributed by atoms with Gasteiger partial charge in [0.05, 0.1) is 0 Å². The molecule has 7 aromatic rings. The van der Waals surface area contributed by atoms with Crippen LogP contribution >= 0.6 is 0 Å². The first-order chi connectivity index (χ1) is 25.7. The summed E-state index contributed by atoms with van der Waals surface area (Å²) in [6, 6.07) is 63.6. The van der Waals surface area contributed by atoms with Gasteiger partial charge in [-0.2, -0.15) is 0 Å². The molecule has 0 heterocycles. The Hall–Kier alpha value is -6.12. The van der Waals surface area contributed by atoms with Gasteiger partial charge in [-0.1, -0.05) is 150 Å². The molecule has 2 heteroatoms. The minimum absolute atomic E-state index is 0.102. The van der Waals surface area contributed by atoms with E-state index in [0.29, 0.717) is 0 Å². The number of para-hydroxylation sites is 3. The van der Waals surface area contributed by atoms with Crippen molar-refractivity contribution < 1.29 is 0 Å². The molecule has 0 aliphatic heterocycles. The second kappa shape index (κ2) is 13.8. The zero-order valence-corrected chi connectivity index (χ0v) is 31.3. The van der Waals surface area contributed by atoms with E-state index >= 15 is 0 Å². The molecule has 0 aromatic heterocycles. The fourth-order valence-corrected chi connectivity index (χ4v) is 7.65. The summed E-state index contributed by atoms with van der Waals surface area (Å²) >= 11 is 0. The Labute approximate surface area is 315 Å². The molecule has 0 fully saturated rings. The van der Waals surface area contributed by atoms with E-state index in [2.05, 4.69) is 232 Å². The van der Waals surface area contributed by atoms with Crippen molar-refractivity contribution >= 4 is 46.3 Å². The Morgan fingerprint density at radius 2 is 0.774 bits per heavy atom. The first-order valence-corrected chi connectivity index (χ1v) is 18.6. The van der Waals surface area contributed by atoms with E-state index in [9.17, 15) is 0 Å². The molecule has 0 N–H and O–H groups in total. The smallest absolute Gasteiger partial charge is 0.0465 e. The van der Waals surface area contributed by atoms with Crippen LogP contribution in [0.25, 0.3) is 23.3 Å². The van der Waals surface area contributed by atoms with E-state index in [4.69, 9.17) is 0 Å². The van der Waals surface area contributed by atoms with Gasteiger partial charge in [-0.05, 0) is 117 Å². The molecule has 8 rings (SSSR count). The third-order valence-corrected chi connectivity index (χ3v) is 10.6. The predicted molar refractivity (Wildman–Crippen MR) is 227 cm³/mol. The third kappa shape index (κ3) is 6.69. The van der Waals surface area contributed by atoms with Crippen LogP contribution in [0.1, 0.15) is 62.4 Å². The summed E-state index contributed by atoms with van der Waals surface area (Å²) in [4.78, 5) is 4.67. The lowest BCUT2D eigenvalue weighted by molar-refractivity contribution is 0.590. The Kier molecular flexibility index (Phi) is 8.84. The lowest BCUT2D eigenvalue weighted by atomic mass is 9.81. The minimum atomic E-state index is -0.150. The molecule has 0 unspecified atom stereocenters. The van der Waals surface area contributed by atoms with Crippen LogP contribution in [0.4, 0.5) is 34.1 Å². The molecule has 0 bridgehead atoms. The van der Waals surface area contributed by atoms with Crippen molar-refractivity contribution in [3.8, 4) is 11.1 Å². The van der Waals surface area contributed by atoms with Gasteiger partial charge in [-0.3, -0.25) is 0 Å². The predicted octanol–water partition coefficient (Wildman–Crippen LogP) is 14.4. The summed E-state index contributed by atoms with van der Waals surface area (Å²) in [5.74, 6) is 0. The van der Waals surface area contributed by atoms with Crippen LogP contribution in [0.3, 0.4) is 0 Å². The zero-order chi connectivity index (χ0) is 36.6. The summed E-state index contributed by atoms with van der Waals surface area (Å²) in [6.07, 6.45) is 4.46. The summed E-state index contributed by atoms with van der Waals surface area (Å²) in [7, 11) is 0. The second-order valence-electron chi connectivity index (χ2n) is 15.6. The number of hydrogen-bond donors (Lipinski definition) is 0. The van der Waals surface area contributed by atoms with Crippen LogP contribution in [0.5, 0.6) is 0 Å². The van der Waals surface area contributed by atoms with Crippen LogP contribution in [0, 0.1) is 0 Å². The highest BCUT2D eigenvalue weighted by Gasteiger charge is 2.36. The van der Waals surface area contributed by atoms with Crippen LogP contribution in [-0.4, -0.2) is 0 Å². The normalized spacial score (nSPS) is 13.1. The largest absolute Gasteiger partial charge is 0.311 e. The van der Waals surface area contributed by atoms with Gasteiger partial charge in [0.15, 0.2) is 0 Å². The van der Waals surface area contributed by atoms with Crippen molar-refractivity contribution in [3.63, 3.8) is 0 Å². The molecular formula is C51H46N2. The summed E-state index contributed by atoms with van der Waals surface area (Å²) in [5.41, 5.74) is 15.9. The van der Waals surface area contributed by atoms with Gasteiger partial charge < -0.3 is 9.80 Å². The van der Waals surface area contributed by atoms with Gasteiger partial charge in [0, 0.05) is 39.5 Å². The summed E-state index contributed by atoms with van der Waals surface area (Å²) in [5, 5.41) is 0. The number of nitrogens with zero attached hydrogens (tertiary/aromatic N) is 2. The molecule has 0 spiro atoms. The van der Waals surface area contributed by atoms with Gasteiger partial charge in [-0.15, -0.1) is 0 Å². The number of hydrogen-bond acceptors (Lipinski definition) is 2. The molecule has 0 saturated heterocycles. The fourth-order valence-electron chi connectivity index (χ4n) is 7.65. The van der Waals surface area contributed by atoms with Crippen molar-refractivity contribution in [3.05, 3.63) is 204 Å². The minimum Gasteiger partial charge on any atom is -0.311 e. The maximum absolute atomic E-state index is 2.41. The van der Waals surface area contributed by atoms with Crippen molar-refractivity contribution in [2.45, 2.75) is 45.4 Å². The number of rotatable bonds is 8. The average molecular weight is 687 g/mol. The molecule has 260 valence electrons. The Bertz CT molecular complexity index is 2330. The van der Waals surface area contributed by atoms with E-state index in [1.165, 1.54) is 44.6 Å². The standard InChI is InChI=1S/C51H46N2/c1-50(2,3)39-26-30-44(31-27-39)53(42-19-13-8-14-20-42)45-32-34-47-46-33-25-38(35-48(46)51(4,5)49(47)36-45)22-21-37-23-28-43(29-24-37)52(40-15-9-6-10-16-40)41-17-11-7-12-18-41/h6-36H,1-5H3. The molecular weight excluding hydrogens is 641 g/mol. The lowest BCUT2D eigenvalue weighted by Crippen LogP contribution is -2.17. The Morgan fingerprint density at radius 3 is 1.28 bits per heavy atom. The Balaban J connectivity index is 1.07. The van der Waals surface area contributed by atoms with Crippen molar-refractivity contribution in [2.24, 2.45) is 0 Å². The highest BCUT2D eigenvalue weighted by atomic mass is 15.1. The number of anilines is 6. The average Bonchev–Trinajstić information content (AvgIpc) is 3.41. The quantitative estimate of drug-likeness (QED) is 0.147. The topological polar surface area (TPSA) is 6.48 Å². The maximum atomic E-state index is 2.41. The molecule has 0 atom stereocenters. The molecule has 0 saturated carbocycles. The van der Waals surface area contributed by atoms with Gasteiger partial charge in [-0.25, -0.2) is 0 Å². The van der Waals surface area contributed by atoms with Gasteiger partial charge >= 0.3 is 0 Å². The number of benzene rings is 7. The van der Waals surface area contributed by atoms with Gasteiger partial charge in [0.2, 0.25) is 0 Å². The molecule has 1 aliphatic carbocycles. The molecule has 53 heavy (non-hydrogen) atoms. The monoisotopic (exact) mass is 686 g/mol. The molecule has 2 nitrogen and oxygen atoms in total. The van der Waals surface area contributed by atoms with Crippen molar-refractivity contribution in [1.29, 1.82) is 0 Å². The second-order valence-corrected chi connectivity index (χ2v) is 15.6. The Morgan fingerprint density at radius 1 is 0.396 bits per heavy atom. The van der Waals surface area contributed by atoms with Crippen LogP contribution < -0.4 is 9.80 Å². The molecule has 0 radical (unpaired) electrons. The van der Waals surface area contributed by atoms with Gasteiger partial charge in [0.25, 0.3) is 0 Å². The van der Waals surface area contributed by atoms with Crippen LogP contribution in [-0.2, 0) is 10.8 Å². The highest BCUT2D eigenvalue weighted by molar-refractivity contribution is 5.87. The van der Waals surface area contributed by atoms with E-state index in [1.54, 1.807) is 0 Å². The third-order valence-electron chi connectivity index (χ3n) is 10.6. The molecule has 1 aliphatic rings.